The zero-order valence-electron chi connectivity index (χ0n) is 10.3. The summed E-state index contributed by atoms with van der Waals surface area (Å²) in [5, 5.41) is 9.41. The largest absolute Gasteiger partial charge is 0.495 e. The molecule has 3 N–H and O–H groups in total. The average Bonchev–Trinajstić information content (AvgIpc) is 2.27. The number of methoxy groups -OCH3 is 1. The van der Waals surface area contributed by atoms with Crippen LogP contribution < -0.4 is 10.5 Å². The van der Waals surface area contributed by atoms with Crippen LogP contribution in [-0.2, 0) is 4.79 Å². The Morgan fingerprint density at radius 1 is 1.29 bits per heavy atom. The van der Waals surface area contributed by atoms with Crippen LogP contribution in [-0.4, -0.2) is 18.2 Å². The predicted molar refractivity (Wildman–Crippen MR) is 66.8 cm³/mol. The van der Waals surface area contributed by atoms with Gasteiger partial charge in [-0.2, -0.15) is 0 Å². The molecule has 1 unspecified atom stereocenters. The molecule has 17 heavy (non-hydrogen) atoms. The Morgan fingerprint density at radius 2 is 1.82 bits per heavy atom. The molecule has 0 aliphatic heterocycles. The number of ether oxygens (including phenoxy) is 1. The first-order valence-electron chi connectivity index (χ1n) is 5.14. The van der Waals surface area contributed by atoms with Gasteiger partial charge in [0.2, 0.25) is 0 Å². The van der Waals surface area contributed by atoms with E-state index in [0.717, 1.165) is 11.1 Å². The quantitative estimate of drug-likeness (QED) is 0.872. The van der Waals surface area contributed by atoms with E-state index in [-0.39, 0.29) is 0 Å². The molecule has 0 aromatic heterocycles. The van der Waals surface area contributed by atoms with Gasteiger partial charge in [0.1, 0.15) is 11.8 Å². The van der Waals surface area contributed by atoms with E-state index in [1.165, 1.54) is 7.11 Å². The summed E-state index contributed by atoms with van der Waals surface area (Å²) in [6.45, 7) is 5.40. The fourth-order valence-corrected chi connectivity index (χ4v) is 2.26. The number of aliphatic carboxylic acids is 1. The smallest absolute Gasteiger partial charge is 0.325 e. The number of benzene rings is 1. The van der Waals surface area contributed by atoms with Crippen LogP contribution in [0, 0.1) is 20.8 Å². The lowest BCUT2D eigenvalue weighted by Crippen LogP contribution is -2.23. The molecule has 1 atom stereocenters. The Hall–Kier alpha value is -1.26. The Morgan fingerprint density at radius 3 is 2.24 bits per heavy atom. The van der Waals surface area contributed by atoms with Gasteiger partial charge in [-0.05, 0) is 43.0 Å². The highest BCUT2D eigenvalue weighted by Crippen LogP contribution is 2.38. The molecule has 1 rings (SSSR count). The molecule has 1 aromatic carbocycles. The summed E-state index contributed by atoms with van der Waals surface area (Å²) in [4.78, 5) is 11.0. The molecular formula is C12H16ClNO3. The zero-order chi connectivity index (χ0) is 13.3. The molecule has 0 radical (unpaired) electrons. The summed E-state index contributed by atoms with van der Waals surface area (Å²) in [5.74, 6) is -0.500. The van der Waals surface area contributed by atoms with Gasteiger partial charge < -0.3 is 15.6 Å². The van der Waals surface area contributed by atoms with E-state index in [2.05, 4.69) is 0 Å². The third-order valence-corrected chi connectivity index (χ3v) is 3.48. The number of carbonyl (C=O) groups is 1. The fraction of sp³-hybridized carbons (Fsp3) is 0.417. The van der Waals surface area contributed by atoms with E-state index in [0.29, 0.717) is 21.9 Å². The van der Waals surface area contributed by atoms with Crippen LogP contribution in [0.25, 0.3) is 0 Å². The number of hydrogen-bond acceptors (Lipinski definition) is 3. The summed E-state index contributed by atoms with van der Waals surface area (Å²) >= 11 is 6.15. The molecule has 5 heteroatoms. The summed E-state index contributed by atoms with van der Waals surface area (Å²) in [6.07, 6.45) is 0. The van der Waals surface area contributed by atoms with Gasteiger partial charge in [-0.25, -0.2) is 0 Å². The molecule has 0 heterocycles. The molecule has 94 valence electrons. The highest BCUT2D eigenvalue weighted by molar-refractivity contribution is 6.33. The van der Waals surface area contributed by atoms with Crippen molar-refractivity contribution < 1.29 is 14.6 Å². The van der Waals surface area contributed by atoms with Crippen LogP contribution in [0.4, 0.5) is 0 Å². The lowest BCUT2D eigenvalue weighted by Gasteiger charge is -2.20. The minimum absolute atomic E-state index is 0.419. The van der Waals surface area contributed by atoms with Crippen LogP contribution in [0.1, 0.15) is 28.3 Å². The molecule has 0 saturated heterocycles. The molecule has 4 nitrogen and oxygen atoms in total. The maximum atomic E-state index is 11.0. The van der Waals surface area contributed by atoms with Crippen LogP contribution in [0.5, 0.6) is 5.75 Å². The lowest BCUT2D eigenvalue weighted by molar-refractivity contribution is -0.138. The first-order valence-corrected chi connectivity index (χ1v) is 5.52. The summed E-state index contributed by atoms with van der Waals surface area (Å²) in [6, 6.07) is -1.07. The molecule has 0 aliphatic rings. The number of carboxylic acid groups (broad SMARTS) is 1. The van der Waals surface area contributed by atoms with Gasteiger partial charge in [0, 0.05) is 0 Å². The van der Waals surface area contributed by atoms with Gasteiger partial charge in [0.15, 0.2) is 0 Å². The molecular weight excluding hydrogens is 242 g/mol. The van der Waals surface area contributed by atoms with E-state index in [4.69, 9.17) is 27.2 Å². The van der Waals surface area contributed by atoms with Crippen molar-refractivity contribution in [1.82, 2.24) is 0 Å². The SMILES string of the molecule is COc1c(C)c(C)c(C(N)C(=O)O)c(C)c1Cl. The highest BCUT2D eigenvalue weighted by atomic mass is 35.5. The van der Waals surface area contributed by atoms with Crippen molar-refractivity contribution in [1.29, 1.82) is 0 Å². The van der Waals surface area contributed by atoms with Crippen LogP contribution in [0.3, 0.4) is 0 Å². The standard InChI is InChI=1S/C12H16ClNO3/c1-5-6(2)11(17-4)9(13)7(3)8(5)10(14)12(15)16/h10H,14H2,1-4H3,(H,15,16). The Kier molecular flexibility index (Phi) is 4.01. The van der Waals surface area contributed by atoms with Gasteiger partial charge in [-0.1, -0.05) is 11.6 Å². The minimum atomic E-state index is -1.07. The number of hydrogen-bond donors (Lipinski definition) is 2. The van der Waals surface area contributed by atoms with Gasteiger partial charge in [0.05, 0.1) is 12.1 Å². The van der Waals surface area contributed by atoms with Gasteiger partial charge >= 0.3 is 5.97 Å². The second-order valence-corrected chi connectivity index (χ2v) is 4.33. The molecule has 0 aliphatic carbocycles. The number of nitrogens with two attached hydrogens (primary N) is 1. The second-order valence-electron chi connectivity index (χ2n) is 3.95. The summed E-state index contributed by atoms with van der Waals surface area (Å²) in [7, 11) is 1.53. The maximum Gasteiger partial charge on any atom is 0.325 e. The summed E-state index contributed by atoms with van der Waals surface area (Å²) in [5.41, 5.74) is 8.50. The van der Waals surface area contributed by atoms with E-state index in [1.54, 1.807) is 6.92 Å². The minimum Gasteiger partial charge on any atom is -0.495 e. The van der Waals surface area contributed by atoms with E-state index < -0.39 is 12.0 Å². The van der Waals surface area contributed by atoms with E-state index in [9.17, 15) is 4.79 Å². The molecule has 1 aromatic rings. The first-order chi connectivity index (χ1) is 7.82. The van der Waals surface area contributed by atoms with Gasteiger partial charge in [-0.3, -0.25) is 4.79 Å². The molecule has 0 saturated carbocycles. The third-order valence-electron chi connectivity index (χ3n) is 3.02. The molecule has 0 amide bonds. The lowest BCUT2D eigenvalue weighted by atomic mass is 9.92. The highest BCUT2D eigenvalue weighted by Gasteiger charge is 2.24. The van der Waals surface area contributed by atoms with Crippen molar-refractivity contribution in [3.8, 4) is 5.75 Å². The third kappa shape index (κ3) is 2.23. The van der Waals surface area contributed by atoms with Crippen molar-refractivity contribution >= 4 is 17.6 Å². The van der Waals surface area contributed by atoms with Gasteiger partial charge in [0.25, 0.3) is 0 Å². The molecule has 0 bridgehead atoms. The van der Waals surface area contributed by atoms with Crippen molar-refractivity contribution in [2.45, 2.75) is 26.8 Å². The first kappa shape index (κ1) is 13.8. The second kappa shape index (κ2) is 4.94. The molecule has 0 fully saturated rings. The van der Waals surface area contributed by atoms with Gasteiger partial charge in [-0.15, -0.1) is 0 Å². The van der Waals surface area contributed by atoms with Crippen molar-refractivity contribution in [2.75, 3.05) is 7.11 Å². The van der Waals surface area contributed by atoms with Crippen LogP contribution in [0.2, 0.25) is 5.02 Å². The van der Waals surface area contributed by atoms with E-state index >= 15 is 0 Å². The Balaban J connectivity index is 3.59. The number of carboxylic acids is 1. The van der Waals surface area contributed by atoms with Crippen LogP contribution >= 0.6 is 11.6 Å². The molecule has 0 spiro atoms. The number of halogens is 1. The monoisotopic (exact) mass is 257 g/mol. The maximum absolute atomic E-state index is 11.0. The Labute approximate surface area is 105 Å². The zero-order valence-corrected chi connectivity index (χ0v) is 11.1. The summed E-state index contributed by atoms with van der Waals surface area (Å²) < 4.78 is 5.21. The normalized spacial score (nSPS) is 12.4. The van der Waals surface area contributed by atoms with Crippen molar-refractivity contribution in [3.63, 3.8) is 0 Å². The topological polar surface area (TPSA) is 72.5 Å². The van der Waals surface area contributed by atoms with Crippen molar-refractivity contribution in [3.05, 3.63) is 27.3 Å². The van der Waals surface area contributed by atoms with Crippen LogP contribution in [0.15, 0.2) is 0 Å². The number of rotatable bonds is 3. The average molecular weight is 258 g/mol. The fourth-order valence-electron chi connectivity index (χ4n) is 1.94. The van der Waals surface area contributed by atoms with E-state index in [1.807, 2.05) is 13.8 Å². The Bertz CT molecular complexity index is 442. The predicted octanol–water partition coefficient (Wildman–Crippen LogP) is 2.36. The van der Waals surface area contributed by atoms with Crippen molar-refractivity contribution in [2.24, 2.45) is 5.73 Å².